The Morgan fingerprint density at radius 2 is 1.12 bits per heavy atom. The smallest absolute Gasteiger partial charge is 0.135 e. The molecule has 1 aliphatic heterocycles. The fraction of sp³-hybridized carbons (Fsp3) is 0. The highest BCUT2D eigenvalue weighted by molar-refractivity contribution is 9.10. The van der Waals surface area contributed by atoms with Gasteiger partial charge >= 0.3 is 0 Å². The van der Waals surface area contributed by atoms with E-state index in [4.69, 9.17) is 4.74 Å². The Balaban J connectivity index is 1.80. The minimum Gasteiger partial charge on any atom is -0.456 e. The third-order valence-corrected chi connectivity index (χ3v) is 4.88. The van der Waals surface area contributed by atoms with Crippen molar-refractivity contribution in [3.63, 3.8) is 0 Å². The Labute approximate surface area is 162 Å². The second-order valence-corrected chi connectivity index (χ2v) is 6.87. The first-order valence-electron chi connectivity index (χ1n) is 8.48. The summed E-state index contributed by atoms with van der Waals surface area (Å²) in [7, 11) is 0. The molecule has 0 fully saturated rings. The molecule has 0 N–H and O–H groups in total. The van der Waals surface area contributed by atoms with Crippen LogP contribution in [0.15, 0.2) is 107 Å². The fourth-order valence-corrected chi connectivity index (χ4v) is 3.27. The summed E-state index contributed by atoms with van der Waals surface area (Å²) in [5.41, 5.74) is 4.36. The number of halogens is 1. The van der Waals surface area contributed by atoms with Crippen molar-refractivity contribution in [3.8, 4) is 0 Å². The van der Waals surface area contributed by atoms with Crippen LogP contribution < -0.4 is 0 Å². The molecule has 0 unspecified atom stereocenters. The van der Waals surface area contributed by atoms with Crippen LogP contribution in [-0.2, 0) is 4.74 Å². The van der Waals surface area contributed by atoms with E-state index in [2.05, 4.69) is 70.6 Å². The third-order valence-electron chi connectivity index (χ3n) is 4.16. The molecule has 126 valence electrons. The third kappa shape index (κ3) is 3.71. The van der Waals surface area contributed by atoms with Crippen molar-refractivity contribution in [3.05, 3.63) is 124 Å². The predicted octanol–water partition coefficient (Wildman–Crippen LogP) is 6.94. The van der Waals surface area contributed by atoms with Gasteiger partial charge in [-0.25, -0.2) is 0 Å². The van der Waals surface area contributed by atoms with Crippen LogP contribution >= 0.6 is 15.9 Å². The molecule has 1 aliphatic rings. The molecular formula is C24H17BrO. The molecule has 2 heteroatoms. The number of hydrogen-bond donors (Lipinski definition) is 0. The molecule has 0 saturated carbocycles. The molecule has 0 radical (unpaired) electrons. The molecule has 0 saturated heterocycles. The van der Waals surface area contributed by atoms with Crippen molar-refractivity contribution in [1.82, 2.24) is 0 Å². The van der Waals surface area contributed by atoms with Gasteiger partial charge in [0, 0.05) is 15.6 Å². The lowest BCUT2D eigenvalue weighted by Gasteiger charge is -2.19. The van der Waals surface area contributed by atoms with Crippen LogP contribution in [0.4, 0.5) is 0 Å². The molecule has 26 heavy (non-hydrogen) atoms. The maximum atomic E-state index is 6.23. The summed E-state index contributed by atoms with van der Waals surface area (Å²) >= 11 is 3.63. The Kier molecular flexibility index (Phi) is 4.85. The van der Waals surface area contributed by atoms with Gasteiger partial charge in [-0.3, -0.25) is 0 Å². The molecule has 0 atom stereocenters. The van der Waals surface area contributed by atoms with Crippen LogP contribution in [0.1, 0.15) is 16.7 Å². The summed E-state index contributed by atoms with van der Waals surface area (Å²) in [6.45, 7) is 0. The quantitative estimate of drug-likeness (QED) is 0.462. The summed E-state index contributed by atoms with van der Waals surface area (Å²) < 4.78 is 7.30. The molecule has 1 nitrogen and oxygen atoms in total. The van der Waals surface area contributed by atoms with Crippen molar-refractivity contribution in [1.29, 1.82) is 0 Å². The van der Waals surface area contributed by atoms with Gasteiger partial charge in [-0.15, -0.1) is 0 Å². The van der Waals surface area contributed by atoms with Gasteiger partial charge in [0.05, 0.1) is 0 Å². The average molecular weight is 401 g/mol. The monoisotopic (exact) mass is 400 g/mol. The zero-order valence-electron chi connectivity index (χ0n) is 14.1. The summed E-state index contributed by atoms with van der Waals surface area (Å²) in [4.78, 5) is 0. The van der Waals surface area contributed by atoms with Gasteiger partial charge in [0.2, 0.25) is 0 Å². The molecule has 3 aromatic rings. The van der Waals surface area contributed by atoms with Crippen molar-refractivity contribution >= 4 is 33.5 Å². The van der Waals surface area contributed by atoms with Crippen LogP contribution in [0, 0.1) is 0 Å². The molecular weight excluding hydrogens is 384 g/mol. The molecule has 3 aromatic carbocycles. The highest BCUT2D eigenvalue weighted by Crippen LogP contribution is 2.33. The Bertz CT molecular complexity index is 941. The van der Waals surface area contributed by atoms with Gasteiger partial charge in [-0.05, 0) is 35.4 Å². The SMILES string of the molecule is Brc1ccccc1C=C1C=C(c2ccccc2)OC(c2ccccc2)=C1. The van der Waals surface area contributed by atoms with Crippen molar-refractivity contribution in [2.24, 2.45) is 0 Å². The lowest BCUT2D eigenvalue weighted by atomic mass is 10.0. The van der Waals surface area contributed by atoms with Gasteiger partial charge in [0.15, 0.2) is 0 Å². The molecule has 0 amide bonds. The van der Waals surface area contributed by atoms with Crippen molar-refractivity contribution in [2.75, 3.05) is 0 Å². The lowest BCUT2D eigenvalue weighted by molar-refractivity contribution is 0.467. The van der Waals surface area contributed by atoms with Crippen LogP contribution in [0.5, 0.6) is 0 Å². The van der Waals surface area contributed by atoms with Gasteiger partial charge in [-0.2, -0.15) is 0 Å². The molecule has 4 rings (SSSR count). The Morgan fingerprint density at radius 1 is 0.615 bits per heavy atom. The first-order valence-corrected chi connectivity index (χ1v) is 9.27. The number of rotatable bonds is 3. The van der Waals surface area contributed by atoms with Crippen LogP contribution in [0.25, 0.3) is 17.6 Å². The molecule has 0 aromatic heterocycles. The highest BCUT2D eigenvalue weighted by atomic mass is 79.9. The van der Waals surface area contributed by atoms with E-state index in [1.54, 1.807) is 0 Å². The maximum absolute atomic E-state index is 6.23. The fourth-order valence-electron chi connectivity index (χ4n) is 2.87. The average Bonchev–Trinajstić information content (AvgIpc) is 2.71. The molecule has 0 spiro atoms. The Hall–Kier alpha value is -2.84. The van der Waals surface area contributed by atoms with E-state index < -0.39 is 0 Å². The number of ether oxygens (including phenoxy) is 1. The number of hydrogen-bond acceptors (Lipinski definition) is 1. The second kappa shape index (κ2) is 7.59. The van der Waals surface area contributed by atoms with Gasteiger partial charge in [-0.1, -0.05) is 94.8 Å². The Morgan fingerprint density at radius 3 is 1.65 bits per heavy atom. The van der Waals surface area contributed by atoms with E-state index in [0.29, 0.717) is 0 Å². The van der Waals surface area contributed by atoms with E-state index >= 15 is 0 Å². The van der Waals surface area contributed by atoms with E-state index in [1.807, 2.05) is 48.5 Å². The minimum atomic E-state index is 0.852. The van der Waals surface area contributed by atoms with E-state index in [0.717, 1.165) is 38.3 Å². The molecule has 1 heterocycles. The zero-order valence-corrected chi connectivity index (χ0v) is 15.7. The maximum Gasteiger partial charge on any atom is 0.135 e. The number of allylic oxidation sites excluding steroid dienone is 3. The molecule has 0 aliphatic carbocycles. The summed E-state index contributed by atoms with van der Waals surface area (Å²) in [6, 6.07) is 28.6. The summed E-state index contributed by atoms with van der Waals surface area (Å²) in [6.07, 6.45) is 6.33. The lowest BCUT2D eigenvalue weighted by Crippen LogP contribution is -1.99. The molecule has 0 bridgehead atoms. The van der Waals surface area contributed by atoms with E-state index in [1.165, 1.54) is 0 Å². The number of benzene rings is 3. The van der Waals surface area contributed by atoms with Crippen LogP contribution in [0.3, 0.4) is 0 Å². The van der Waals surface area contributed by atoms with Gasteiger partial charge in [0.1, 0.15) is 11.5 Å². The second-order valence-electron chi connectivity index (χ2n) is 6.02. The van der Waals surface area contributed by atoms with E-state index in [-0.39, 0.29) is 0 Å². The topological polar surface area (TPSA) is 9.23 Å². The normalized spacial score (nSPS) is 13.5. The van der Waals surface area contributed by atoms with Gasteiger partial charge in [0.25, 0.3) is 0 Å². The summed E-state index contributed by atoms with van der Waals surface area (Å²) in [5, 5.41) is 0. The van der Waals surface area contributed by atoms with Crippen molar-refractivity contribution < 1.29 is 4.74 Å². The largest absolute Gasteiger partial charge is 0.456 e. The standard InChI is InChI=1S/C24H17BrO/c25-22-14-8-7-13-21(22)15-18-16-23(19-9-3-1-4-10-19)26-24(17-18)20-11-5-2-6-12-20/h1-17H. The van der Waals surface area contributed by atoms with Crippen LogP contribution in [0.2, 0.25) is 0 Å². The van der Waals surface area contributed by atoms with Crippen molar-refractivity contribution in [2.45, 2.75) is 0 Å². The van der Waals surface area contributed by atoms with Crippen LogP contribution in [-0.4, -0.2) is 0 Å². The first kappa shape index (κ1) is 16.6. The minimum absolute atomic E-state index is 0.852. The zero-order chi connectivity index (χ0) is 17.8. The summed E-state index contributed by atoms with van der Waals surface area (Å²) in [5.74, 6) is 1.70. The highest BCUT2D eigenvalue weighted by Gasteiger charge is 2.15. The van der Waals surface area contributed by atoms with Gasteiger partial charge < -0.3 is 4.74 Å². The van der Waals surface area contributed by atoms with E-state index in [9.17, 15) is 0 Å². The first-order chi connectivity index (χ1) is 12.8. The predicted molar refractivity (Wildman–Crippen MR) is 112 cm³/mol.